The molecule has 2 heterocycles. The van der Waals surface area contributed by atoms with Crippen molar-refractivity contribution in [2.75, 3.05) is 0 Å². The Labute approximate surface area is 126 Å². The van der Waals surface area contributed by atoms with Crippen LogP contribution in [0.2, 0.25) is 0 Å². The van der Waals surface area contributed by atoms with Crippen molar-refractivity contribution in [2.24, 2.45) is 0 Å². The molecule has 0 spiro atoms. The molecule has 0 N–H and O–H groups in total. The Morgan fingerprint density at radius 2 is 1.17 bits per heavy atom. The number of benzene rings is 1. The van der Waals surface area contributed by atoms with Crippen molar-refractivity contribution < 1.29 is 0 Å². The number of aromatic nitrogens is 2. The van der Waals surface area contributed by atoms with E-state index in [0.717, 1.165) is 0 Å². The first-order valence-corrected chi connectivity index (χ1v) is 10.5. The first-order chi connectivity index (χ1) is 8.90. The van der Waals surface area contributed by atoms with E-state index in [4.69, 9.17) is 0 Å². The molecular weight excluding hydrogens is 394 g/mol. The quantitative estimate of drug-likeness (QED) is 0.627. The van der Waals surface area contributed by atoms with Crippen molar-refractivity contribution in [1.29, 1.82) is 0 Å². The van der Waals surface area contributed by atoms with Crippen molar-refractivity contribution >= 4 is 52.5 Å². The molecule has 6 heteroatoms. The summed E-state index contributed by atoms with van der Waals surface area (Å²) in [6.45, 7) is 0. The van der Waals surface area contributed by atoms with Crippen molar-refractivity contribution in [1.82, 2.24) is 9.97 Å². The maximum atomic E-state index is 4.33. The zero-order valence-electron chi connectivity index (χ0n) is 9.15. The fraction of sp³-hybridized carbons (Fsp3) is 0. The maximum absolute atomic E-state index is 4.33. The van der Waals surface area contributed by atoms with E-state index in [1.165, 1.54) is 17.6 Å². The summed E-state index contributed by atoms with van der Waals surface area (Å²) in [7, 11) is 0. The van der Waals surface area contributed by atoms with Crippen LogP contribution in [0.3, 0.4) is 0 Å². The molecule has 0 radical (unpaired) electrons. The third kappa shape index (κ3) is 3.41. The summed E-state index contributed by atoms with van der Waals surface area (Å²) in [6, 6.07) is 8.67. The van der Waals surface area contributed by atoms with Crippen LogP contribution >= 0.6 is 23.5 Å². The number of hydrogen-bond donors (Lipinski definition) is 0. The zero-order valence-corrected chi connectivity index (χ0v) is 14.2. The van der Waals surface area contributed by atoms with E-state index in [2.05, 4.69) is 44.1 Å². The van der Waals surface area contributed by atoms with Crippen LogP contribution in [0.5, 0.6) is 0 Å². The van der Waals surface area contributed by atoms with E-state index in [1.807, 2.05) is 12.4 Å². The summed E-state index contributed by atoms with van der Waals surface area (Å²) in [4.78, 5) is 15.5. The molecule has 0 aliphatic carbocycles. The standard InChI is InChI=1S/C12H8N2S2Se2/c1-2-10(16-12-14-6-8-18-12)4-3-9(1)15-11-13-5-7-17-11/h1-8H. The number of hydrogen-bond acceptors (Lipinski definition) is 4. The summed E-state index contributed by atoms with van der Waals surface area (Å²) in [5.41, 5.74) is 0. The van der Waals surface area contributed by atoms with Gasteiger partial charge in [0.05, 0.1) is 0 Å². The van der Waals surface area contributed by atoms with Gasteiger partial charge in [-0.3, -0.25) is 0 Å². The number of rotatable bonds is 4. The molecule has 0 amide bonds. The van der Waals surface area contributed by atoms with Crippen LogP contribution in [0, 0.1) is 0 Å². The summed E-state index contributed by atoms with van der Waals surface area (Å²) in [5, 5.41) is 0. The van der Waals surface area contributed by atoms with Gasteiger partial charge >= 0.3 is 127 Å². The number of nitrogens with zero attached hydrogens (tertiary/aromatic N) is 2. The van der Waals surface area contributed by atoms with Crippen molar-refractivity contribution in [3.05, 3.63) is 46.5 Å². The second kappa shape index (κ2) is 6.29. The molecule has 3 rings (SSSR count). The summed E-state index contributed by atoms with van der Waals surface area (Å²) >= 11 is 4.41. The van der Waals surface area contributed by atoms with Crippen LogP contribution < -0.4 is 0 Å². The predicted octanol–water partition coefficient (Wildman–Crippen LogP) is 2.89. The van der Waals surface area contributed by atoms with Gasteiger partial charge < -0.3 is 0 Å². The average molecular weight is 402 g/mol. The Morgan fingerprint density at radius 1 is 0.722 bits per heavy atom. The predicted molar refractivity (Wildman–Crippen MR) is 77.0 cm³/mol. The molecule has 2 nitrogen and oxygen atoms in total. The Bertz CT molecular complexity index is 536. The van der Waals surface area contributed by atoms with Gasteiger partial charge in [0.2, 0.25) is 0 Å². The molecule has 0 bridgehead atoms. The molecule has 90 valence electrons. The van der Waals surface area contributed by atoms with Gasteiger partial charge in [0.25, 0.3) is 0 Å². The summed E-state index contributed by atoms with van der Waals surface area (Å²) < 4.78 is 2.46. The van der Waals surface area contributed by atoms with Crippen molar-refractivity contribution in [3.63, 3.8) is 0 Å². The van der Waals surface area contributed by atoms with Crippen molar-refractivity contribution in [3.8, 4) is 0 Å². The second-order valence-electron chi connectivity index (χ2n) is 3.27. The minimum absolute atomic E-state index is 0.435. The fourth-order valence-electron chi connectivity index (χ4n) is 1.30. The normalized spacial score (nSPS) is 10.7. The van der Waals surface area contributed by atoms with Gasteiger partial charge in [-0.15, -0.1) is 0 Å². The van der Waals surface area contributed by atoms with E-state index >= 15 is 0 Å². The molecule has 3 aromatic rings. The second-order valence-corrected chi connectivity index (χ2v) is 10.3. The molecule has 2 aromatic heterocycles. The van der Waals surface area contributed by atoms with E-state index in [9.17, 15) is 0 Å². The average Bonchev–Trinajstić information content (AvgIpc) is 3.05. The zero-order chi connectivity index (χ0) is 12.2. The van der Waals surface area contributed by atoms with Gasteiger partial charge in [0.15, 0.2) is 0 Å². The van der Waals surface area contributed by atoms with Crippen LogP contribution in [-0.2, 0) is 0 Å². The molecular formula is C12H8N2S2Se2. The topological polar surface area (TPSA) is 25.8 Å². The first-order valence-electron chi connectivity index (χ1n) is 5.15. The Hall–Kier alpha value is -0.221. The van der Waals surface area contributed by atoms with Gasteiger partial charge in [0.1, 0.15) is 0 Å². The van der Waals surface area contributed by atoms with Crippen molar-refractivity contribution in [2.45, 2.75) is 17.6 Å². The van der Waals surface area contributed by atoms with Gasteiger partial charge in [-0.25, -0.2) is 0 Å². The van der Waals surface area contributed by atoms with Crippen LogP contribution in [-0.4, -0.2) is 39.0 Å². The molecule has 0 fully saturated rings. The molecule has 0 aliphatic heterocycles. The van der Waals surface area contributed by atoms with Gasteiger partial charge in [0, 0.05) is 0 Å². The van der Waals surface area contributed by atoms with Crippen LogP contribution in [0.4, 0.5) is 0 Å². The molecule has 1 aromatic carbocycles. The Balaban J connectivity index is 1.69. The molecule has 0 saturated heterocycles. The van der Waals surface area contributed by atoms with Gasteiger partial charge in [-0.2, -0.15) is 0 Å². The molecule has 0 aliphatic rings. The first kappa shape index (κ1) is 12.8. The third-order valence-electron chi connectivity index (χ3n) is 2.05. The van der Waals surface area contributed by atoms with E-state index in [-0.39, 0.29) is 0 Å². The van der Waals surface area contributed by atoms with Gasteiger partial charge in [-0.05, 0) is 0 Å². The molecule has 0 unspecified atom stereocenters. The third-order valence-corrected chi connectivity index (χ3v) is 8.05. The molecule has 18 heavy (non-hydrogen) atoms. The van der Waals surface area contributed by atoms with Crippen LogP contribution in [0.1, 0.15) is 0 Å². The Kier molecular flexibility index (Phi) is 4.47. The van der Waals surface area contributed by atoms with Crippen LogP contribution in [0.15, 0.2) is 64.1 Å². The Morgan fingerprint density at radius 3 is 1.50 bits per heavy atom. The van der Waals surface area contributed by atoms with E-state index in [1.54, 1.807) is 23.5 Å². The molecule has 0 atom stereocenters. The molecule has 0 saturated carbocycles. The minimum atomic E-state index is 0.435. The summed E-state index contributed by atoms with van der Waals surface area (Å²) in [6.07, 6.45) is 3.81. The SMILES string of the molecule is c1c[se]c(Sc2ccc(Sc3ncc[se]3)cc2)n1. The monoisotopic (exact) mass is 404 g/mol. The van der Waals surface area contributed by atoms with E-state index in [0.29, 0.717) is 29.0 Å². The van der Waals surface area contributed by atoms with Crippen LogP contribution in [0.25, 0.3) is 0 Å². The van der Waals surface area contributed by atoms with Gasteiger partial charge in [-0.1, -0.05) is 0 Å². The van der Waals surface area contributed by atoms with E-state index < -0.39 is 0 Å². The summed E-state index contributed by atoms with van der Waals surface area (Å²) in [5.74, 6) is 0. The fourth-order valence-corrected chi connectivity index (χ4v) is 6.47.